The maximum atomic E-state index is 12.9. The van der Waals surface area contributed by atoms with Crippen molar-refractivity contribution in [3.63, 3.8) is 0 Å². The van der Waals surface area contributed by atoms with Crippen LogP contribution in [0.2, 0.25) is 0 Å². The lowest BCUT2D eigenvalue weighted by Crippen LogP contribution is -2.57. The van der Waals surface area contributed by atoms with Crippen LogP contribution in [0.15, 0.2) is 262 Å². The van der Waals surface area contributed by atoms with Crippen LogP contribution in [0.4, 0.5) is 0 Å². The summed E-state index contributed by atoms with van der Waals surface area (Å²) in [6, 6.07) is 76.2. The summed E-state index contributed by atoms with van der Waals surface area (Å²) in [5.41, 5.74) is 5.18. The van der Waals surface area contributed by atoms with Gasteiger partial charge in [0.15, 0.2) is 63.9 Å². The lowest BCUT2D eigenvalue weighted by atomic mass is 9.53. The van der Waals surface area contributed by atoms with E-state index in [2.05, 4.69) is 194 Å². The first kappa shape index (κ1) is 71.8. The minimum absolute atomic E-state index is 0.0559. The molecule has 1 saturated heterocycles. The number of rotatable bonds is 21. The van der Waals surface area contributed by atoms with Gasteiger partial charge < -0.3 is 33.2 Å². The third-order valence-corrected chi connectivity index (χ3v) is 25.9. The van der Waals surface area contributed by atoms with Gasteiger partial charge in [0.25, 0.3) is 0 Å². The van der Waals surface area contributed by atoms with Crippen molar-refractivity contribution >= 4 is 62.3 Å². The van der Waals surface area contributed by atoms with Crippen molar-refractivity contribution in [3.8, 4) is 17.2 Å². The van der Waals surface area contributed by atoms with E-state index in [1.54, 1.807) is 0 Å². The van der Waals surface area contributed by atoms with Crippen LogP contribution in [-0.2, 0) is 75.6 Å². The number of hydrogen-bond acceptors (Lipinski definition) is 12. The second-order valence-electron chi connectivity index (χ2n) is 27.3. The highest BCUT2D eigenvalue weighted by Gasteiger charge is 2.57. The average Bonchev–Trinajstić information content (AvgIpc) is 1.12. The molecule has 1 heterocycles. The number of carbonyl (C=O) groups is 5. The van der Waals surface area contributed by atoms with Crippen LogP contribution in [-0.4, -0.2) is 73.4 Å². The zero-order valence-corrected chi connectivity index (χ0v) is 61.1. The molecule has 3 atom stereocenters. The highest BCUT2D eigenvalue weighted by Crippen LogP contribution is 2.56. The van der Waals surface area contributed by atoms with Crippen LogP contribution < -0.4 is 14.2 Å². The molecule has 0 N–H and O–H groups in total. The summed E-state index contributed by atoms with van der Waals surface area (Å²) in [5.74, 6) is 1.56. The fourth-order valence-electron chi connectivity index (χ4n) is 15.1. The monoisotopic (exact) mass is 1410 g/mol. The lowest BCUT2D eigenvalue weighted by molar-refractivity contribution is -0.190. The van der Waals surface area contributed by atoms with Crippen LogP contribution in [0.25, 0.3) is 0 Å². The van der Waals surface area contributed by atoms with Crippen molar-refractivity contribution in [2.75, 3.05) is 26.4 Å². The summed E-state index contributed by atoms with van der Waals surface area (Å²) < 4.78 is 39.6. The van der Waals surface area contributed by atoms with E-state index in [9.17, 15) is 24.0 Å². The Morgan fingerprint density at radius 3 is 1.03 bits per heavy atom. The molecule has 4 bridgehead atoms. The summed E-state index contributed by atoms with van der Waals surface area (Å²) in [7, 11) is -0.717. The quantitative estimate of drug-likeness (QED) is 0.0383. The van der Waals surface area contributed by atoms with Crippen molar-refractivity contribution < 1.29 is 57.1 Å². The third-order valence-electron chi connectivity index (χ3n) is 19.3. The normalized spacial score (nSPS) is 19.1. The molecule has 6 fully saturated rings. The van der Waals surface area contributed by atoms with Crippen LogP contribution >= 0.6 is 0 Å². The first-order valence-corrected chi connectivity index (χ1v) is 38.6. The number of cyclic esters (lactones) is 1. The molecule has 101 heavy (non-hydrogen) atoms. The van der Waals surface area contributed by atoms with Crippen molar-refractivity contribution in [3.05, 3.63) is 252 Å². The number of hydrogen-bond donors (Lipinski definition) is 0. The Labute approximate surface area is 602 Å². The molecule has 0 aromatic heterocycles. The topological polar surface area (TPSA) is 150 Å². The molecule has 0 amide bonds. The van der Waals surface area contributed by atoms with E-state index < -0.39 is 23.6 Å². The highest BCUT2D eigenvalue weighted by molar-refractivity contribution is 7.97. The Bertz CT molecular complexity index is 4150. The molecule has 15 heteroatoms. The van der Waals surface area contributed by atoms with Gasteiger partial charge in [0.05, 0.1) is 39.3 Å². The Hall–Kier alpha value is -9.02. The maximum Gasteiger partial charge on any atom is 0.347 e. The van der Waals surface area contributed by atoms with Gasteiger partial charge in [-0.2, -0.15) is 0 Å². The number of carbonyl (C=O) groups excluding carboxylic acids is 5. The smallest absolute Gasteiger partial charge is 0.347 e. The van der Waals surface area contributed by atoms with Gasteiger partial charge in [0.2, 0.25) is 6.10 Å². The summed E-state index contributed by atoms with van der Waals surface area (Å²) in [4.78, 5) is 72.6. The Kier molecular flexibility index (Phi) is 23.3. The fourth-order valence-corrected chi connectivity index (χ4v) is 21.9. The van der Waals surface area contributed by atoms with E-state index >= 15 is 0 Å². The molecule has 0 spiro atoms. The first-order chi connectivity index (χ1) is 48.9. The van der Waals surface area contributed by atoms with Crippen molar-refractivity contribution in [2.45, 2.75) is 174 Å². The van der Waals surface area contributed by atoms with E-state index in [-0.39, 0.29) is 88.5 Å². The molecule has 15 rings (SSSR count). The summed E-state index contributed by atoms with van der Waals surface area (Å²) >= 11 is 0. The van der Waals surface area contributed by atoms with Gasteiger partial charge in [-0.3, -0.25) is 4.79 Å². The third kappa shape index (κ3) is 17.7. The minimum Gasteiger partial charge on any atom is -0.481 e. The molecule has 520 valence electrons. The standard InChI is InChI=1S/C32H33O4S.C28H31O3S.C26H25O5S/c1-21-13-28(37(26-9-5-3-6-10-26)27-11-7-4-8-12-27)14-22(2)31(21)35-20-29(33)36-32-17-23-15-24(18-32)30(34)25(16-23)19-32;1-21-18-25(32(23-12-6-4-7-13-23)24-14-8-5-9-15-24)19-22(2)27(21)30-20-26(29)31-28(3)16-10-11-17-28;1-18-15-22(32(20-9-5-3-6-10-20)21-11-7-4-8-12-21)16-19(2)25(18)30-17-24(27)31-23-13-14-29-26(23)28/h3-14,23-25H,15-20H2,1-2H3;4-9,12-15,18-19H,10-11,16-17,20H2,1-3H3;3-12,15-16,23H,13-14,17H2,1-2H3/q3*+1. The number of ketones is 1. The molecule has 5 aliphatic carbocycles. The zero-order chi connectivity index (χ0) is 70.6. The van der Waals surface area contributed by atoms with Crippen LogP contribution in [0, 0.1) is 59.3 Å². The van der Waals surface area contributed by atoms with Gasteiger partial charge in [-0.15, -0.1) is 0 Å². The second-order valence-corrected chi connectivity index (χ2v) is 33.4. The van der Waals surface area contributed by atoms with Crippen LogP contribution in [0.3, 0.4) is 0 Å². The van der Waals surface area contributed by atoms with Crippen molar-refractivity contribution in [2.24, 2.45) is 17.8 Å². The predicted octanol–water partition coefficient (Wildman–Crippen LogP) is 17.8. The molecule has 9 aromatic carbocycles. The van der Waals surface area contributed by atoms with Crippen molar-refractivity contribution in [1.29, 1.82) is 0 Å². The Balaban J connectivity index is 0.000000144. The van der Waals surface area contributed by atoms with Gasteiger partial charge in [-0.05, 0) is 218 Å². The van der Waals surface area contributed by atoms with E-state index in [1.807, 2.05) is 72.7 Å². The Morgan fingerprint density at radius 2 is 0.723 bits per heavy atom. The molecule has 12 nitrogen and oxygen atoms in total. The second kappa shape index (κ2) is 32.7. The molecule has 1 aliphatic heterocycles. The fraction of sp³-hybridized carbons (Fsp3) is 0.314. The van der Waals surface area contributed by atoms with E-state index in [0.29, 0.717) is 36.7 Å². The van der Waals surface area contributed by atoms with Gasteiger partial charge in [0, 0.05) is 54.7 Å². The molecule has 6 aliphatic rings. The molecule has 3 unspecified atom stereocenters. The van der Waals surface area contributed by atoms with Gasteiger partial charge in [-0.1, -0.05) is 109 Å². The number of esters is 4. The van der Waals surface area contributed by atoms with Gasteiger partial charge in [0.1, 0.15) is 34.2 Å². The SMILES string of the molecule is Cc1cc([S+](c2ccccc2)c2ccccc2)cc(C)c1OCC(=O)OC1(C)CCCC1.Cc1cc([S+](c2ccccc2)c2ccccc2)cc(C)c1OCC(=O)OC12CC3CC(C1)C(=O)C(C3)C2.Cc1cc([S+](c2ccccc2)c2ccccc2)cc(C)c1OCC(=O)OC1CCOC1=O. The van der Waals surface area contributed by atoms with E-state index in [1.165, 1.54) is 44.1 Å². The number of ether oxygens (including phenoxy) is 7. The average molecular weight is 1410 g/mol. The summed E-state index contributed by atoms with van der Waals surface area (Å²) in [5, 5.41) is 0. The van der Waals surface area contributed by atoms with Gasteiger partial charge >= 0.3 is 23.9 Å². The molecular weight excluding hydrogens is 1320 g/mol. The lowest BCUT2D eigenvalue weighted by Gasteiger charge is -2.54. The zero-order valence-electron chi connectivity index (χ0n) is 58.6. The van der Waals surface area contributed by atoms with Gasteiger partial charge in [-0.25, -0.2) is 19.2 Å². The predicted molar refractivity (Wildman–Crippen MR) is 395 cm³/mol. The first-order valence-electron chi connectivity index (χ1n) is 35.0. The van der Waals surface area contributed by atoms with Crippen LogP contribution in [0.1, 0.15) is 105 Å². The van der Waals surface area contributed by atoms with E-state index in [0.717, 1.165) is 89.8 Å². The number of benzene rings is 9. The number of Topliss-reactive ketones (excluding diaryl/α,β-unsaturated/α-hetero) is 1. The molecule has 9 aromatic rings. The highest BCUT2D eigenvalue weighted by atomic mass is 32.2. The summed E-state index contributed by atoms with van der Waals surface area (Å²) in [6.07, 6.45) is 7.91. The van der Waals surface area contributed by atoms with E-state index in [4.69, 9.17) is 33.2 Å². The largest absolute Gasteiger partial charge is 0.481 e. The minimum atomic E-state index is -0.825. The summed E-state index contributed by atoms with van der Waals surface area (Å²) in [6.45, 7) is 14.0. The number of aryl methyl sites for hydroxylation is 6. The molecule has 0 radical (unpaired) electrons. The van der Waals surface area contributed by atoms with Crippen molar-refractivity contribution in [1.82, 2.24) is 0 Å². The van der Waals surface area contributed by atoms with Crippen LogP contribution in [0.5, 0.6) is 17.2 Å². The molecule has 5 saturated carbocycles. The maximum absolute atomic E-state index is 12.9. The molecular formula is C86H89O12S3+3. The Morgan fingerprint density at radius 1 is 0.416 bits per heavy atom.